The Labute approximate surface area is 210 Å². The molecule has 0 bridgehead atoms. The van der Waals surface area contributed by atoms with Crippen molar-refractivity contribution in [1.82, 2.24) is 5.32 Å². The third-order valence-corrected chi connectivity index (χ3v) is 6.48. The average Bonchev–Trinajstić information content (AvgIpc) is 3.15. The second kappa shape index (κ2) is 10.3. The van der Waals surface area contributed by atoms with Gasteiger partial charge >= 0.3 is 12.1 Å². The van der Waals surface area contributed by atoms with Crippen molar-refractivity contribution in [3.05, 3.63) is 87.0 Å². The summed E-state index contributed by atoms with van der Waals surface area (Å²) < 4.78 is 6.24. The van der Waals surface area contributed by atoms with E-state index in [9.17, 15) is 19.5 Å². The normalized spacial score (nSPS) is 12.9. The van der Waals surface area contributed by atoms with Gasteiger partial charge in [-0.25, -0.2) is 9.59 Å². The van der Waals surface area contributed by atoms with Crippen LogP contribution < -0.4 is 10.6 Å². The molecule has 3 aromatic carbocycles. The number of benzene rings is 3. The zero-order valence-electron chi connectivity index (χ0n) is 18.4. The Kier molecular flexibility index (Phi) is 7.16. The number of hydrogen-bond acceptors (Lipinski definition) is 4. The van der Waals surface area contributed by atoms with Crippen molar-refractivity contribution in [1.29, 1.82) is 0 Å². The molecule has 3 N–H and O–H groups in total. The van der Waals surface area contributed by atoms with E-state index in [0.29, 0.717) is 0 Å². The second-order valence-electron chi connectivity index (χ2n) is 8.09. The van der Waals surface area contributed by atoms with Gasteiger partial charge in [-0.2, -0.15) is 0 Å². The number of halogens is 1. The molecule has 4 rings (SSSR count). The Morgan fingerprint density at radius 3 is 2.24 bits per heavy atom. The van der Waals surface area contributed by atoms with Gasteiger partial charge in [-0.1, -0.05) is 55.5 Å². The molecule has 3 aromatic rings. The number of nitrogens with one attached hydrogen (secondary N) is 2. The van der Waals surface area contributed by atoms with Gasteiger partial charge in [0.1, 0.15) is 6.61 Å². The number of ether oxygens (including phenoxy) is 1. The van der Waals surface area contributed by atoms with Gasteiger partial charge in [-0.05, 0) is 63.0 Å². The van der Waals surface area contributed by atoms with Crippen molar-refractivity contribution in [2.75, 3.05) is 18.5 Å². The first kappa shape index (κ1) is 23.7. The first-order valence-corrected chi connectivity index (χ1v) is 11.9. The number of anilines is 1. The standard InChI is InChI=1S/C26H23IN2O5/c1-15(24(30)29-23-11-10-16(27)12-21(23)25(31)32)13-28-26(33)34-14-22-19-8-4-2-6-17(19)18-7-3-5-9-20(18)22/h2-12,15,22H,13-14H2,1H3,(H,28,33)(H,29,30)(H,31,32). The maximum atomic E-state index is 12.5. The monoisotopic (exact) mass is 570 g/mol. The number of rotatable bonds is 7. The minimum Gasteiger partial charge on any atom is -0.478 e. The molecule has 1 unspecified atom stereocenters. The molecule has 0 radical (unpaired) electrons. The number of amides is 2. The number of fused-ring (bicyclic) bond motifs is 3. The lowest BCUT2D eigenvalue weighted by Gasteiger charge is -2.16. The first-order chi connectivity index (χ1) is 16.3. The number of carbonyl (C=O) groups is 3. The highest BCUT2D eigenvalue weighted by Gasteiger charge is 2.29. The van der Waals surface area contributed by atoms with Crippen LogP contribution in [0, 0.1) is 9.49 Å². The van der Waals surface area contributed by atoms with Gasteiger partial charge in [0.2, 0.25) is 5.91 Å². The first-order valence-electron chi connectivity index (χ1n) is 10.8. The van der Waals surface area contributed by atoms with Crippen molar-refractivity contribution in [3.8, 4) is 11.1 Å². The highest BCUT2D eigenvalue weighted by molar-refractivity contribution is 14.1. The highest BCUT2D eigenvalue weighted by atomic mass is 127. The molecule has 0 spiro atoms. The highest BCUT2D eigenvalue weighted by Crippen LogP contribution is 2.44. The quantitative estimate of drug-likeness (QED) is 0.343. The van der Waals surface area contributed by atoms with E-state index < -0.39 is 23.9 Å². The van der Waals surface area contributed by atoms with Gasteiger partial charge < -0.3 is 20.5 Å². The van der Waals surface area contributed by atoms with Crippen LogP contribution in [0.3, 0.4) is 0 Å². The number of aromatic carboxylic acids is 1. The number of carboxylic acid groups (broad SMARTS) is 1. The Morgan fingerprint density at radius 2 is 1.62 bits per heavy atom. The van der Waals surface area contributed by atoms with Crippen LogP contribution in [-0.4, -0.2) is 36.2 Å². The third kappa shape index (κ3) is 5.06. The molecule has 0 saturated heterocycles. The van der Waals surface area contributed by atoms with E-state index in [-0.39, 0.29) is 30.3 Å². The Hall–Kier alpha value is -3.40. The predicted molar refractivity (Wildman–Crippen MR) is 137 cm³/mol. The van der Waals surface area contributed by atoms with Crippen LogP contribution in [0.2, 0.25) is 0 Å². The second-order valence-corrected chi connectivity index (χ2v) is 9.34. The third-order valence-electron chi connectivity index (χ3n) is 5.81. The molecule has 8 heteroatoms. The summed E-state index contributed by atoms with van der Waals surface area (Å²) in [7, 11) is 0. The molecule has 1 aliphatic rings. The summed E-state index contributed by atoms with van der Waals surface area (Å²) in [6.07, 6.45) is -0.609. The lowest BCUT2D eigenvalue weighted by atomic mass is 9.98. The molecule has 0 saturated carbocycles. The summed E-state index contributed by atoms with van der Waals surface area (Å²) >= 11 is 2.01. The SMILES string of the molecule is CC(CNC(=O)OCC1c2ccccc2-c2ccccc21)C(=O)Nc1ccc(I)cc1C(=O)O. The number of hydrogen-bond donors (Lipinski definition) is 3. The summed E-state index contributed by atoms with van der Waals surface area (Å²) in [5.41, 5.74) is 4.76. The molecular formula is C26H23IN2O5. The fraction of sp³-hybridized carbons (Fsp3) is 0.192. The summed E-state index contributed by atoms with van der Waals surface area (Å²) in [6, 6.07) is 20.9. The van der Waals surface area contributed by atoms with Crippen LogP contribution in [-0.2, 0) is 9.53 Å². The molecule has 2 amide bonds. The van der Waals surface area contributed by atoms with Crippen molar-refractivity contribution in [3.63, 3.8) is 0 Å². The van der Waals surface area contributed by atoms with Gasteiger partial charge in [0.05, 0.1) is 17.2 Å². The molecular weight excluding hydrogens is 547 g/mol. The fourth-order valence-electron chi connectivity index (χ4n) is 4.04. The molecule has 0 fully saturated rings. The van der Waals surface area contributed by atoms with E-state index in [1.165, 1.54) is 6.07 Å². The predicted octanol–water partition coefficient (Wildman–Crippen LogP) is 5.10. The lowest BCUT2D eigenvalue weighted by molar-refractivity contribution is -0.119. The molecule has 1 atom stereocenters. The Bertz CT molecular complexity index is 1210. The Balaban J connectivity index is 1.32. The van der Waals surface area contributed by atoms with Crippen LogP contribution in [0.1, 0.15) is 34.3 Å². The van der Waals surface area contributed by atoms with E-state index in [1.54, 1.807) is 19.1 Å². The summed E-state index contributed by atoms with van der Waals surface area (Å²) in [5, 5.41) is 14.6. The van der Waals surface area contributed by atoms with E-state index in [0.717, 1.165) is 25.8 Å². The van der Waals surface area contributed by atoms with Gasteiger partial charge in [0.25, 0.3) is 0 Å². The largest absolute Gasteiger partial charge is 0.478 e. The maximum absolute atomic E-state index is 12.5. The topological polar surface area (TPSA) is 105 Å². The van der Waals surface area contributed by atoms with Crippen LogP contribution in [0.15, 0.2) is 66.7 Å². The summed E-state index contributed by atoms with van der Waals surface area (Å²) in [6.45, 7) is 1.88. The number of alkyl carbamates (subject to hydrolysis) is 1. The van der Waals surface area contributed by atoms with Crippen LogP contribution in [0.4, 0.5) is 10.5 Å². The lowest BCUT2D eigenvalue weighted by Crippen LogP contribution is -2.35. The van der Waals surface area contributed by atoms with Crippen molar-refractivity contribution in [2.24, 2.45) is 5.92 Å². The maximum Gasteiger partial charge on any atom is 0.407 e. The van der Waals surface area contributed by atoms with Crippen LogP contribution in [0.5, 0.6) is 0 Å². The van der Waals surface area contributed by atoms with Gasteiger partial charge in [0, 0.05) is 16.0 Å². The van der Waals surface area contributed by atoms with E-state index in [1.807, 2.05) is 59.0 Å². The van der Waals surface area contributed by atoms with Crippen molar-refractivity contribution >= 4 is 46.2 Å². The summed E-state index contributed by atoms with van der Waals surface area (Å²) in [5.74, 6) is -2.17. The molecule has 0 aromatic heterocycles. The number of carboxylic acids is 1. The smallest absolute Gasteiger partial charge is 0.407 e. The summed E-state index contributed by atoms with van der Waals surface area (Å²) in [4.78, 5) is 36.3. The molecule has 1 aliphatic carbocycles. The molecule has 7 nitrogen and oxygen atoms in total. The zero-order valence-corrected chi connectivity index (χ0v) is 20.5. The van der Waals surface area contributed by atoms with Crippen molar-refractivity contribution < 1.29 is 24.2 Å². The zero-order chi connectivity index (χ0) is 24.2. The van der Waals surface area contributed by atoms with Gasteiger partial charge in [-0.3, -0.25) is 4.79 Å². The average molecular weight is 570 g/mol. The molecule has 0 heterocycles. The number of carbonyl (C=O) groups excluding carboxylic acids is 2. The van der Waals surface area contributed by atoms with Crippen molar-refractivity contribution in [2.45, 2.75) is 12.8 Å². The van der Waals surface area contributed by atoms with Gasteiger partial charge in [0.15, 0.2) is 0 Å². The Morgan fingerprint density at radius 1 is 1.00 bits per heavy atom. The minimum atomic E-state index is -1.13. The van der Waals surface area contributed by atoms with E-state index in [2.05, 4.69) is 22.8 Å². The van der Waals surface area contributed by atoms with Gasteiger partial charge in [-0.15, -0.1) is 0 Å². The minimum absolute atomic E-state index is 0.0111. The molecule has 0 aliphatic heterocycles. The van der Waals surface area contributed by atoms with Crippen LogP contribution >= 0.6 is 22.6 Å². The fourth-order valence-corrected chi connectivity index (χ4v) is 4.53. The molecule has 174 valence electrons. The molecule has 34 heavy (non-hydrogen) atoms. The van der Waals surface area contributed by atoms with E-state index >= 15 is 0 Å². The van der Waals surface area contributed by atoms with Crippen LogP contribution in [0.25, 0.3) is 11.1 Å². The van der Waals surface area contributed by atoms with E-state index in [4.69, 9.17) is 4.74 Å².